The van der Waals surface area contributed by atoms with Crippen molar-refractivity contribution in [1.82, 2.24) is 4.57 Å². The van der Waals surface area contributed by atoms with Crippen LogP contribution in [0.5, 0.6) is 0 Å². The summed E-state index contributed by atoms with van der Waals surface area (Å²) in [6, 6.07) is 12.4. The molecule has 90 valence electrons. The number of benzene rings is 1. The summed E-state index contributed by atoms with van der Waals surface area (Å²) in [6.07, 6.45) is 4.04. The lowest BCUT2D eigenvalue weighted by Crippen LogP contribution is -2.18. The third-order valence-electron chi connectivity index (χ3n) is 2.71. The summed E-state index contributed by atoms with van der Waals surface area (Å²) in [5, 5.41) is 14.5. The van der Waals surface area contributed by atoms with Gasteiger partial charge in [-0.3, -0.25) is 9.36 Å². The van der Waals surface area contributed by atoms with Crippen molar-refractivity contribution in [2.45, 2.75) is 5.92 Å². The van der Waals surface area contributed by atoms with Gasteiger partial charge in [-0.05, 0) is 17.7 Å². The highest BCUT2D eigenvalue weighted by atomic mass is 16.1. The van der Waals surface area contributed by atoms with E-state index in [2.05, 4.69) is 0 Å². The van der Waals surface area contributed by atoms with Crippen molar-refractivity contribution < 1.29 is 0 Å². The highest BCUT2D eigenvalue weighted by molar-refractivity contribution is 5.87. The third-order valence-corrected chi connectivity index (χ3v) is 2.71. The molecule has 2 rings (SSSR count). The molecule has 4 heteroatoms. The number of pyridine rings is 1. The fraction of sp³-hybridized carbons (Fsp3) is 0.0714. The van der Waals surface area contributed by atoms with E-state index < -0.39 is 0 Å². The number of aromatic nitrogens is 1. The molecule has 0 aliphatic heterocycles. The topological polar surface area (TPSA) is 69.7 Å². The van der Waals surface area contributed by atoms with Crippen LogP contribution in [0.1, 0.15) is 11.5 Å². The summed E-state index contributed by atoms with van der Waals surface area (Å²) in [7, 11) is 0. The van der Waals surface area contributed by atoms with Crippen LogP contribution in [0.2, 0.25) is 0 Å². The van der Waals surface area contributed by atoms with Crippen molar-refractivity contribution in [3.05, 3.63) is 64.6 Å². The lowest BCUT2D eigenvalue weighted by molar-refractivity contribution is 0.963. The summed E-state index contributed by atoms with van der Waals surface area (Å²) in [4.78, 5) is 11.8. The maximum atomic E-state index is 11.8. The van der Waals surface area contributed by atoms with E-state index >= 15 is 0 Å². The lowest BCUT2D eigenvalue weighted by atomic mass is 10.0. The van der Waals surface area contributed by atoms with E-state index in [1.807, 2.05) is 30.3 Å². The molecular weight excluding hydrogens is 226 g/mol. The van der Waals surface area contributed by atoms with Crippen molar-refractivity contribution in [1.29, 1.82) is 10.8 Å². The normalized spacial score (nSPS) is 11.8. The van der Waals surface area contributed by atoms with Gasteiger partial charge in [0.15, 0.2) is 0 Å². The molecule has 0 fully saturated rings. The minimum atomic E-state index is -0.388. The molecule has 0 saturated heterocycles. The fourth-order valence-corrected chi connectivity index (χ4v) is 1.73. The van der Waals surface area contributed by atoms with E-state index in [0.717, 1.165) is 11.3 Å². The number of nitrogens with zero attached hydrogens (tertiary/aromatic N) is 1. The van der Waals surface area contributed by atoms with E-state index in [9.17, 15) is 4.79 Å². The van der Waals surface area contributed by atoms with Gasteiger partial charge in [-0.1, -0.05) is 24.3 Å². The van der Waals surface area contributed by atoms with Crippen molar-refractivity contribution >= 4 is 12.4 Å². The van der Waals surface area contributed by atoms with E-state index in [1.54, 1.807) is 12.3 Å². The molecule has 1 heterocycles. The first-order chi connectivity index (χ1) is 8.76. The predicted molar refractivity (Wildman–Crippen MR) is 72.3 cm³/mol. The number of hydrogen-bond acceptors (Lipinski definition) is 3. The fourth-order valence-electron chi connectivity index (χ4n) is 1.73. The van der Waals surface area contributed by atoms with Crippen molar-refractivity contribution in [2.75, 3.05) is 0 Å². The second-order valence-corrected chi connectivity index (χ2v) is 3.87. The van der Waals surface area contributed by atoms with Crippen LogP contribution in [-0.4, -0.2) is 17.0 Å². The summed E-state index contributed by atoms with van der Waals surface area (Å²) in [5.41, 5.74) is 1.40. The summed E-state index contributed by atoms with van der Waals surface area (Å²) < 4.78 is 1.52. The average molecular weight is 239 g/mol. The standard InChI is InChI=1S/C14H13N3O/c15-8-12(9-16)11-6-7-14(18)17(10-11)13-4-2-1-3-5-13/h1-10,12,15-16H. The van der Waals surface area contributed by atoms with Gasteiger partial charge in [0.05, 0.1) is 5.92 Å². The Kier molecular flexibility index (Phi) is 3.48. The molecule has 0 amide bonds. The van der Waals surface area contributed by atoms with Gasteiger partial charge in [-0.2, -0.15) is 0 Å². The number of hydrogen-bond donors (Lipinski definition) is 2. The Bertz CT molecular complexity index is 608. The molecule has 0 unspecified atom stereocenters. The number of rotatable bonds is 4. The molecule has 0 saturated carbocycles. The van der Waals surface area contributed by atoms with Crippen molar-refractivity contribution in [3.8, 4) is 5.69 Å². The van der Waals surface area contributed by atoms with Gasteiger partial charge in [-0.25, -0.2) is 0 Å². The van der Waals surface area contributed by atoms with Crippen LogP contribution in [0.25, 0.3) is 5.69 Å². The zero-order valence-corrected chi connectivity index (χ0v) is 9.71. The Balaban J connectivity index is 2.55. The average Bonchev–Trinajstić information content (AvgIpc) is 2.43. The van der Waals surface area contributed by atoms with Crippen LogP contribution in [0.3, 0.4) is 0 Å². The van der Waals surface area contributed by atoms with Crippen LogP contribution in [-0.2, 0) is 0 Å². The smallest absolute Gasteiger partial charge is 0.255 e. The molecule has 0 aliphatic carbocycles. The second kappa shape index (κ2) is 5.23. The highest BCUT2D eigenvalue weighted by Gasteiger charge is 2.07. The first-order valence-corrected chi connectivity index (χ1v) is 5.55. The predicted octanol–water partition coefficient (Wildman–Crippen LogP) is 2.22. The quantitative estimate of drug-likeness (QED) is 0.789. The molecule has 1 aromatic heterocycles. The maximum Gasteiger partial charge on any atom is 0.255 e. The van der Waals surface area contributed by atoms with Crippen molar-refractivity contribution in [3.63, 3.8) is 0 Å². The molecule has 4 nitrogen and oxygen atoms in total. The molecule has 0 bridgehead atoms. The van der Waals surface area contributed by atoms with Crippen molar-refractivity contribution in [2.24, 2.45) is 0 Å². The van der Waals surface area contributed by atoms with E-state index in [0.29, 0.717) is 0 Å². The van der Waals surface area contributed by atoms with Crippen LogP contribution in [0.15, 0.2) is 53.5 Å². The number of nitrogens with one attached hydrogen (secondary N) is 2. The molecular formula is C14H13N3O. The van der Waals surface area contributed by atoms with Gasteiger partial charge in [-0.15, -0.1) is 0 Å². The Labute approximate surface area is 105 Å². The minimum absolute atomic E-state index is 0.126. The molecule has 18 heavy (non-hydrogen) atoms. The Morgan fingerprint density at radius 2 is 1.67 bits per heavy atom. The van der Waals surface area contributed by atoms with Gasteiger partial charge in [0.1, 0.15) is 0 Å². The zero-order chi connectivity index (χ0) is 13.0. The molecule has 0 aliphatic rings. The van der Waals surface area contributed by atoms with Crippen LogP contribution in [0.4, 0.5) is 0 Å². The van der Waals surface area contributed by atoms with Gasteiger partial charge in [0.2, 0.25) is 0 Å². The van der Waals surface area contributed by atoms with Gasteiger partial charge < -0.3 is 10.8 Å². The molecule has 0 radical (unpaired) electrons. The second-order valence-electron chi connectivity index (χ2n) is 3.87. The Morgan fingerprint density at radius 1 is 1.00 bits per heavy atom. The number of para-hydroxylation sites is 1. The summed E-state index contributed by atoms with van der Waals surface area (Å²) in [6.45, 7) is 0. The van der Waals surface area contributed by atoms with E-state index in [1.165, 1.54) is 23.1 Å². The monoisotopic (exact) mass is 239 g/mol. The van der Waals surface area contributed by atoms with Gasteiger partial charge in [0.25, 0.3) is 5.56 Å². The molecule has 1 aromatic carbocycles. The molecule has 2 N–H and O–H groups in total. The third kappa shape index (κ3) is 2.27. The molecule has 0 atom stereocenters. The summed E-state index contributed by atoms with van der Waals surface area (Å²) >= 11 is 0. The Morgan fingerprint density at radius 3 is 2.28 bits per heavy atom. The minimum Gasteiger partial charge on any atom is -0.312 e. The highest BCUT2D eigenvalue weighted by Crippen LogP contribution is 2.12. The maximum absolute atomic E-state index is 11.8. The van der Waals surface area contributed by atoms with Crippen LogP contribution >= 0.6 is 0 Å². The van der Waals surface area contributed by atoms with Crippen LogP contribution < -0.4 is 5.56 Å². The Hall–Kier alpha value is -2.49. The van der Waals surface area contributed by atoms with Crippen LogP contribution in [0, 0.1) is 10.8 Å². The lowest BCUT2D eigenvalue weighted by Gasteiger charge is -2.10. The first-order valence-electron chi connectivity index (χ1n) is 5.55. The largest absolute Gasteiger partial charge is 0.312 e. The molecule has 0 spiro atoms. The molecule has 2 aromatic rings. The first kappa shape index (κ1) is 12.0. The van der Waals surface area contributed by atoms with Gasteiger partial charge >= 0.3 is 0 Å². The zero-order valence-electron chi connectivity index (χ0n) is 9.71. The van der Waals surface area contributed by atoms with E-state index in [4.69, 9.17) is 10.8 Å². The van der Waals surface area contributed by atoms with E-state index in [-0.39, 0.29) is 11.5 Å². The SMILES string of the molecule is N=CC(C=N)c1ccc(=O)n(-c2ccccc2)c1. The van der Waals surface area contributed by atoms with Gasteiger partial charge in [0, 0.05) is 30.4 Å². The summed E-state index contributed by atoms with van der Waals surface area (Å²) in [5.74, 6) is -0.388.